The normalized spacial score (nSPS) is 13.6. The summed E-state index contributed by atoms with van der Waals surface area (Å²) in [6, 6.07) is 2.10. The van der Waals surface area contributed by atoms with Crippen LogP contribution in [0, 0.1) is 12.8 Å². The van der Waals surface area contributed by atoms with Crippen molar-refractivity contribution in [2.75, 3.05) is 0 Å². The molecule has 2 heterocycles. The lowest BCUT2D eigenvalue weighted by molar-refractivity contribution is 0.125. The summed E-state index contributed by atoms with van der Waals surface area (Å²) >= 11 is 1.67. The number of thiophene rings is 1. The molecule has 0 saturated heterocycles. The van der Waals surface area contributed by atoms with Gasteiger partial charge in [0.05, 0.1) is 11.8 Å². The van der Waals surface area contributed by atoms with E-state index in [4.69, 9.17) is 0 Å². The Kier molecular flexibility index (Phi) is 3.21. The van der Waals surface area contributed by atoms with Crippen molar-refractivity contribution in [3.8, 4) is 0 Å². The molecule has 2 aromatic rings. The molecule has 0 radical (unpaired) electrons. The predicted octanol–water partition coefficient (Wildman–Crippen LogP) is 2.56. The molecule has 0 aliphatic rings. The Morgan fingerprint density at radius 1 is 1.38 bits per heavy atom. The van der Waals surface area contributed by atoms with Crippen LogP contribution < -0.4 is 0 Å². The number of hydrogen-bond acceptors (Lipinski definition) is 4. The third-order valence-electron chi connectivity index (χ3n) is 2.71. The van der Waals surface area contributed by atoms with Crippen LogP contribution in [0.1, 0.15) is 24.4 Å². The zero-order valence-corrected chi connectivity index (χ0v) is 10.6. The second-order valence-electron chi connectivity index (χ2n) is 4.41. The van der Waals surface area contributed by atoms with Crippen molar-refractivity contribution in [3.05, 3.63) is 23.0 Å². The first-order valence-corrected chi connectivity index (χ1v) is 6.27. The van der Waals surface area contributed by atoms with Gasteiger partial charge < -0.3 is 5.11 Å². The molecule has 0 saturated carbocycles. The van der Waals surface area contributed by atoms with E-state index >= 15 is 0 Å². The van der Waals surface area contributed by atoms with Gasteiger partial charge in [-0.2, -0.15) is 0 Å². The van der Waals surface area contributed by atoms with E-state index in [0.717, 1.165) is 15.9 Å². The SMILES string of the molecule is Cc1cc2c(CC(O)C(C)C)ncnc2s1. The molecule has 86 valence electrons. The van der Waals surface area contributed by atoms with Crippen LogP contribution in [-0.4, -0.2) is 21.2 Å². The maximum atomic E-state index is 9.89. The quantitative estimate of drug-likeness (QED) is 0.891. The molecule has 16 heavy (non-hydrogen) atoms. The van der Waals surface area contributed by atoms with Crippen molar-refractivity contribution in [3.63, 3.8) is 0 Å². The summed E-state index contributed by atoms with van der Waals surface area (Å²) < 4.78 is 0. The van der Waals surface area contributed by atoms with Gasteiger partial charge in [-0.15, -0.1) is 11.3 Å². The molecule has 0 aliphatic carbocycles. The summed E-state index contributed by atoms with van der Waals surface area (Å²) in [4.78, 5) is 10.8. The molecule has 0 aromatic carbocycles. The van der Waals surface area contributed by atoms with E-state index in [9.17, 15) is 5.11 Å². The molecule has 0 fully saturated rings. The molecule has 4 heteroatoms. The van der Waals surface area contributed by atoms with E-state index in [1.54, 1.807) is 17.7 Å². The molecule has 1 unspecified atom stereocenters. The summed E-state index contributed by atoms with van der Waals surface area (Å²) in [5, 5.41) is 11.0. The fraction of sp³-hybridized carbons (Fsp3) is 0.500. The first-order valence-electron chi connectivity index (χ1n) is 5.46. The van der Waals surface area contributed by atoms with E-state index < -0.39 is 0 Å². The minimum atomic E-state index is -0.335. The van der Waals surface area contributed by atoms with Crippen LogP contribution >= 0.6 is 11.3 Å². The first-order chi connectivity index (χ1) is 7.58. The maximum absolute atomic E-state index is 9.89. The standard InChI is InChI=1S/C12H16N2OS/c1-7(2)11(15)5-10-9-4-8(3)16-12(9)14-6-13-10/h4,6-7,11,15H,5H2,1-3H3. The van der Waals surface area contributed by atoms with E-state index in [2.05, 4.69) is 23.0 Å². The van der Waals surface area contributed by atoms with Crippen LogP contribution in [0.3, 0.4) is 0 Å². The molecule has 2 rings (SSSR count). The Labute approximate surface area is 99.2 Å². The van der Waals surface area contributed by atoms with Gasteiger partial charge in [-0.3, -0.25) is 0 Å². The highest BCUT2D eigenvalue weighted by Gasteiger charge is 2.14. The Hall–Kier alpha value is -1.00. The van der Waals surface area contributed by atoms with Crippen molar-refractivity contribution in [1.29, 1.82) is 0 Å². The number of aryl methyl sites for hydroxylation is 1. The highest BCUT2D eigenvalue weighted by Crippen LogP contribution is 2.25. The monoisotopic (exact) mass is 236 g/mol. The molecular weight excluding hydrogens is 220 g/mol. The fourth-order valence-electron chi connectivity index (χ4n) is 1.62. The third kappa shape index (κ3) is 2.23. The van der Waals surface area contributed by atoms with Crippen molar-refractivity contribution >= 4 is 21.6 Å². The van der Waals surface area contributed by atoms with E-state index in [1.807, 2.05) is 13.8 Å². The largest absolute Gasteiger partial charge is 0.392 e. The number of hydrogen-bond donors (Lipinski definition) is 1. The van der Waals surface area contributed by atoms with Crippen molar-refractivity contribution in [2.45, 2.75) is 33.3 Å². The number of nitrogens with zero attached hydrogens (tertiary/aromatic N) is 2. The third-order valence-corrected chi connectivity index (χ3v) is 3.67. The highest BCUT2D eigenvalue weighted by molar-refractivity contribution is 7.18. The van der Waals surface area contributed by atoms with Crippen LogP contribution in [0.15, 0.2) is 12.4 Å². The van der Waals surface area contributed by atoms with Crippen molar-refractivity contribution < 1.29 is 5.11 Å². The number of aliphatic hydroxyl groups excluding tert-OH is 1. The van der Waals surface area contributed by atoms with Crippen LogP contribution in [0.2, 0.25) is 0 Å². The van der Waals surface area contributed by atoms with Gasteiger partial charge in [0, 0.05) is 16.7 Å². The summed E-state index contributed by atoms with van der Waals surface area (Å²) in [6.45, 7) is 6.10. The average molecular weight is 236 g/mol. The number of fused-ring (bicyclic) bond motifs is 1. The molecule has 0 amide bonds. The smallest absolute Gasteiger partial charge is 0.127 e. The van der Waals surface area contributed by atoms with Gasteiger partial charge >= 0.3 is 0 Å². The summed E-state index contributed by atoms with van der Waals surface area (Å²) in [5.41, 5.74) is 0.954. The lowest BCUT2D eigenvalue weighted by atomic mass is 10.0. The van der Waals surface area contributed by atoms with Crippen LogP contribution in [0.5, 0.6) is 0 Å². The Bertz CT molecular complexity index is 493. The maximum Gasteiger partial charge on any atom is 0.127 e. The molecule has 1 atom stereocenters. The number of rotatable bonds is 3. The van der Waals surface area contributed by atoms with E-state index in [-0.39, 0.29) is 12.0 Å². The zero-order valence-electron chi connectivity index (χ0n) is 9.77. The van der Waals surface area contributed by atoms with E-state index in [0.29, 0.717) is 6.42 Å². The Morgan fingerprint density at radius 2 is 2.12 bits per heavy atom. The number of aliphatic hydroxyl groups is 1. The summed E-state index contributed by atoms with van der Waals surface area (Å²) in [7, 11) is 0. The van der Waals surface area contributed by atoms with Gasteiger partial charge in [0.25, 0.3) is 0 Å². The Balaban J connectivity index is 2.36. The van der Waals surface area contributed by atoms with Gasteiger partial charge in [0.1, 0.15) is 11.2 Å². The molecule has 1 N–H and O–H groups in total. The predicted molar refractivity (Wildman–Crippen MR) is 66.7 cm³/mol. The zero-order chi connectivity index (χ0) is 11.7. The second kappa shape index (κ2) is 4.47. The lowest BCUT2D eigenvalue weighted by Gasteiger charge is -2.13. The summed E-state index contributed by atoms with van der Waals surface area (Å²) in [6.07, 6.45) is 1.85. The van der Waals surface area contributed by atoms with Gasteiger partial charge in [-0.05, 0) is 18.9 Å². The minimum absolute atomic E-state index is 0.254. The van der Waals surface area contributed by atoms with Crippen LogP contribution in [0.25, 0.3) is 10.2 Å². The summed E-state index contributed by atoms with van der Waals surface area (Å²) in [5.74, 6) is 0.254. The highest BCUT2D eigenvalue weighted by atomic mass is 32.1. The van der Waals surface area contributed by atoms with Gasteiger partial charge in [0.15, 0.2) is 0 Å². The van der Waals surface area contributed by atoms with Crippen LogP contribution in [0.4, 0.5) is 0 Å². The molecule has 0 bridgehead atoms. The number of aromatic nitrogens is 2. The fourth-order valence-corrected chi connectivity index (χ4v) is 2.49. The van der Waals surface area contributed by atoms with Crippen molar-refractivity contribution in [1.82, 2.24) is 9.97 Å². The molecule has 0 aliphatic heterocycles. The van der Waals surface area contributed by atoms with Gasteiger partial charge in [-0.25, -0.2) is 9.97 Å². The van der Waals surface area contributed by atoms with Gasteiger partial charge in [0.2, 0.25) is 0 Å². The first kappa shape index (κ1) is 11.5. The van der Waals surface area contributed by atoms with Gasteiger partial charge in [-0.1, -0.05) is 13.8 Å². The molecule has 3 nitrogen and oxygen atoms in total. The second-order valence-corrected chi connectivity index (χ2v) is 5.65. The lowest BCUT2D eigenvalue weighted by Crippen LogP contribution is -2.18. The molecular formula is C12H16N2OS. The van der Waals surface area contributed by atoms with Crippen molar-refractivity contribution in [2.24, 2.45) is 5.92 Å². The molecule has 2 aromatic heterocycles. The van der Waals surface area contributed by atoms with Crippen LogP contribution in [-0.2, 0) is 6.42 Å². The minimum Gasteiger partial charge on any atom is -0.392 e. The average Bonchev–Trinajstić information content (AvgIpc) is 2.59. The topological polar surface area (TPSA) is 46.0 Å². The Morgan fingerprint density at radius 3 is 2.81 bits per heavy atom. The van der Waals surface area contributed by atoms with E-state index in [1.165, 1.54) is 4.88 Å². The molecule has 0 spiro atoms.